The van der Waals surface area contributed by atoms with Gasteiger partial charge in [-0.2, -0.15) is 0 Å². The van der Waals surface area contributed by atoms with Crippen molar-refractivity contribution >= 4 is 0 Å². The zero-order chi connectivity index (χ0) is 27.5. The predicted octanol–water partition coefficient (Wildman–Crippen LogP) is 6.30. The molecule has 0 amide bonds. The van der Waals surface area contributed by atoms with Crippen molar-refractivity contribution in [3.63, 3.8) is 0 Å². The molecular weight excluding hydrogens is 486 g/mol. The van der Waals surface area contributed by atoms with Crippen LogP contribution in [0.25, 0.3) is 0 Å². The van der Waals surface area contributed by atoms with E-state index in [0.717, 1.165) is 48.1 Å². The van der Waals surface area contributed by atoms with Gasteiger partial charge in [0.25, 0.3) is 0 Å². The molecule has 1 aliphatic rings. The van der Waals surface area contributed by atoms with E-state index in [4.69, 9.17) is 28.4 Å². The van der Waals surface area contributed by atoms with Crippen molar-refractivity contribution in [3.8, 4) is 28.7 Å². The molecule has 0 aliphatic carbocycles. The van der Waals surface area contributed by atoms with Gasteiger partial charge in [-0.15, -0.1) is 0 Å². The van der Waals surface area contributed by atoms with Gasteiger partial charge in [-0.05, 0) is 55.0 Å². The highest BCUT2D eigenvalue weighted by molar-refractivity contribution is 5.55. The summed E-state index contributed by atoms with van der Waals surface area (Å²) >= 11 is 0. The summed E-state index contributed by atoms with van der Waals surface area (Å²) < 4.78 is 34.7. The normalized spacial score (nSPS) is 17.0. The topological polar surface area (TPSA) is 78.9 Å². The number of methoxy groups -OCH3 is 4. The van der Waals surface area contributed by atoms with Gasteiger partial charge in [-0.1, -0.05) is 32.4 Å². The van der Waals surface area contributed by atoms with Crippen LogP contribution < -0.4 is 23.7 Å². The standard InChI is InChI=1S/C30H43NO7/c1-7-9-12-31(32)13-10-11-21-15-22(16-26(33-3)29(21)37-14-8-2)24-19-25(38-20-24)23-17-27(34-4)30(36-6)28(18-23)35-5/h10,13,15-18,24-25,32H,7-9,11-12,14,19-20H2,1-6H3/b13-10+. The zero-order valence-corrected chi connectivity index (χ0v) is 23.6. The van der Waals surface area contributed by atoms with Crippen LogP contribution in [-0.4, -0.2) is 58.5 Å². The Balaban J connectivity index is 1.86. The molecule has 210 valence electrons. The monoisotopic (exact) mass is 529 g/mol. The lowest BCUT2D eigenvalue weighted by Crippen LogP contribution is -2.12. The van der Waals surface area contributed by atoms with Crippen LogP contribution in [0.3, 0.4) is 0 Å². The van der Waals surface area contributed by atoms with Crippen LogP contribution in [0.4, 0.5) is 0 Å². The van der Waals surface area contributed by atoms with Gasteiger partial charge in [0.15, 0.2) is 23.0 Å². The lowest BCUT2D eigenvalue weighted by Gasteiger charge is -2.19. The molecular formula is C30H43NO7. The van der Waals surface area contributed by atoms with Crippen LogP contribution in [-0.2, 0) is 11.2 Å². The first-order valence-corrected chi connectivity index (χ1v) is 13.4. The van der Waals surface area contributed by atoms with E-state index in [-0.39, 0.29) is 12.0 Å². The van der Waals surface area contributed by atoms with E-state index in [1.807, 2.05) is 18.2 Å². The molecule has 8 heteroatoms. The number of hydrogen-bond donors (Lipinski definition) is 1. The highest BCUT2D eigenvalue weighted by Crippen LogP contribution is 2.46. The molecule has 0 aromatic heterocycles. The fourth-order valence-corrected chi connectivity index (χ4v) is 4.67. The van der Waals surface area contributed by atoms with Crippen molar-refractivity contribution < 1.29 is 33.6 Å². The van der Waals surface area contributed by atoms with Crippen molar-refractivity contribution in [2.75, 3.05) is 48.2 Å². The minimum absolute atomic E-state index is 0.111. The molecule has 3 rings (SSSR count). The Morgan fingerprint density at radius 2 is 1.55 bits per heavy atom. The molecule has 0 bridgehead atoms. The van der Waals surface area contributed by atoms with E-state index in [1.54, 1.807) is 34.6 Å². The maximum atomic E-state index is 10.1. The number of nitrogens with zero attached hydrogens (tertiary/aromatic N) is 1. The fraction of sp³-hybridized carbons (Fsp3) is 0.533. The Morgan fingerprint density at radius 1 is 0.895 bits per heavy atom. The lowest BCUT2D eigenvalue weighted by atomic mass is 9.91. The van der Waals surface area contributed by atoms with Gasteiger partial charge in [0.05, 0.1) is 47.8 Å². The number of rotatable bonds is 15. The van der Waals surface area contributed by atoms with E-state index in [0.29, 0.717) is 49.2 Å². The predicted molar refractivity (Wildman–Crippen MR) is 147 cm³/mol. The van der Waals surface area contributed by atoms with Crippen molar-refractivity contribution in [1.29, 1.82) is 0 Å². The van der Waals surface area contributed by atoms with Crippen LogP contribution in [0.2, 0.25) is 0 Å². The Morgan fingerprint density at radius 3 is 2.16 bits per heavy atom. The van der Waals surface area contributed by atoms with Crippen LogP contribution in [0, 0.1) is 0 Å². The minimum Gasteiger partial charge on any atom is -0.493 e. The van der Waals surface area contributed by atoms with Gasteiger partial charge < -0.3 is 28.4 Å². The lowest BCUT2D eigenvalue weighted by molar-refractivity contribution is -0.0416. The molecule has 2 aromatic rings. The molecule has 8 nitrogen and oxygen atoms in total. The average Bonchev–Trinajstić information content (AvgIpc) is 3.44. The second kappa shape index (κ2) is 14.7. The molecule has 1 aliphatic heterocycles. The first kappa shape index (κ1) is 29.5. The first-order chi connectivity index (χ1) is 18.5. The summed E-state index contributed by atoms with van der Waals surface area (Å²) in [5, 5.41) is 11.3. The molecule has 0 spiro atoms. The average molecular weight is 530 g/mol. The molecule has 2 unspecified atom stereocenters. The number of unbranched alkanes of at least 4 members (excludes halogenated alkanes) is 1. The van der Waals surface area contributed by atoms with Gasteiger partial charge >= 0.3 is 0 Å². The smallest absolute Gasteiger partial charge is 0.203 e. The summed E-state index contributed by atoms with van der Waals surface area (Å²) in [5.74, 6) is 3.42. The fourth-order valence-electron chi connectivity index (χ4n) is 4.67. The number of benzene rings is 2. The van der Waals surface area contributed by atoms with E-state index in [1.165, 1.54) is 5.06 Å². The summed E-state index contributed by atoms with van der Waals surface area (Å²) in [7, 11) is 6.49. The highest BCUT2D eigenvalue weighted by Gasteiger charge is 2.31. The van der Waals surface area contributed by atoms with Gasteiger partial charge in [0.1, 0.15) is 0 Å². The van der Waals surface area contributed by atoms with Crippen LogP contribution >= 0.6 is 0 Å². The molecule has 1 fully saturated rings. The minimum atomic E-state index is -0.111. The van der Waals surface area contributed by atoms with Crippen LogP contribution in [0.15, 0.2) is 36.5 Å². The Kier molecular flexibility index (Phi) is 11.4. The quantitative estimate of drug-likeness (QED) is 0.269. The molecule has 0 saturated carbocycles. The van der Waals surface area contributed by atoms with Crippen molar-refractivity contribution in [1.82, 2.24) is 5.06 Å². The third-order valence-electron chi connectivity index (χ3n) is 6.71. The molecule has 1 heterocycles. The molecule has 1 saturated heterocycles. The van der Waals surface area contributed by atoms with Gasteiger partial charge in [0.2, 0.25) is 5.75 Å². The molecule has 1 N–H and O–H groups in total. The second-order valence-electron chi connectivity index (χ2n) is 9.38. The maximum Gasteiger partial charge on any atom is 0.203 e. The van der Waals surface area contributed by atoms with Gasteiger partial charge in [-0.25, -0.2) is 0 Å². The number of hydrogen-bond acceptors (Lipinski definition) is 8. The van der Waals surface area contributed by atoms with E-state index in [9.17, 15) is 5.21 Å². The summed E-state index contributed by atoms with van der Waals surface area (Å²) in [4.78, 5) is 0. The maximum absolute atomic E-state index is 10.1. The number of allylic oxidation sites excluding steroid dienone is 1. The van der Waals surface area contributed by atoms with E-state index < -0.39 is 0 Å². The van der Waals surface area contributed by atoms with Crippen molar-refractivity contribution in [3.05, 3.63) is 53.2 Å². The Bertz CT molecular complexity index is 1030. The Labute approximate surface area is 227 Å². The van der Waals surface area contributed by atoms with Gasteiger partial charge in [-0.3, -0.25) is 10.3 Å². The summed E-state index contributed by atoms with van der Waals surface area (Å²) in [5.41, 5.74) is 3.13. The zero-order valence-electron chi connectivity index (χ0n) is 23.6. The summed E-state index contributed by atoms with van der Waals surface area (Å²) in [6, 6.07) is 8.14. The molecule has 0 radical (unpaired) electrons. The molecule has 38 heavy (non-hydrogen) atoms. The summed E-state index contributed by atoms with van der Waals surface area (Å²) in [6.07, 6.45) is 7.83. The van der Waals surface area contributed by atoms with Crippen molar-refractivity contribution in [2.24, 2.45) is 0 Å². The molecule has 2 atom stereocenters. The second-order valence-corrected chi connectivity index (χ2v) is 9.38. The molecule has 2 aromatic carbocycles. The van der Waals surface area contributed by atoms with Crippen molar-refractivity contribution in [2.45, 2.75) is 58.0 Å². The van der Waals surface area contributed by atoms with Crippen LogP contribution in [0.5, 0.6) is 28.7 Å². The third kappa shape index (κ3) is 7.26. The van der Waals surface area contributed by atoms with E-state index >= 15 is 0 Å². The third-order valence-corrected chi connectivity index (χ3v) is 6.71. The summed E-state index contributed by atoms with van der Waals surface area (Å²) in [6.45, 7) is 5.97. The first-order valence-electron chi connectivity index (χ1n) is 13.4. The largest absolute Gasteiger partial charge is 0.493 e. The number of ether oxygens (including phenoxy) is 6. The van der Waals surface area contributed by atoms with E-state index in [2.05, 4.69) is 26.0 Å². The Hall–Kier alpha value is -3.10. The highest BCUT2D eigenvalue weighted by atomic mass is 16.5. The SMILES string of the molecule is CCCCN(O)/C=C/Cc1cc(C2COC(c3cc(OC)c(OC)c(OC)c3)C2)cc(OC)c1OCCC. The number of hydroxylamine groups is 2. The van der Waals surface area contributed by atoms with Gasteiger partial charge in [0, 0.05) is 24.2 Å². The van der Waals surface area contributed by atoms with Crippen LogP contribution in [0.1, 0.15) is 68.2 Å².